The molecule has 0 spiro atoms. The molecule has 0 bridgehead atoms. The first kappa shape index (κ1) is 10.4. The van der Waals surface area contributed by atoms with Crippen LogP contribution in [0.2, 0.25) is 0 Å². The smallest absolute Gasteiger partial charge is 0.251 e. The van der Waals surface area contributed by atoms with Crippen molar-refractivity contribution in [2.75, 3.05) is 13.2 Å². The quantitative estimate of drug-likeness (QED) is 0.852. The number of amides is 1. The Morgan fingerprint density at radius 1 is 1.53 bits per heavy atom. The molecule has 2 rings (SSSR count). The fraction of sp³-hybridized carbons (Fsp3) is 0.300. The van der Waals surface area contributed by atoms with Crippen molar-refractivity contribution in [3.8, 4) is 5.75 Å². The van der Waals surface area contributed by atoms with E-state index in [1.165, 1.54) is 6.07 Å². The van der Waals surface area contributed by atoms with E-state index in [0.29, 0.717) is 23.2 Å². The van der Waals surface area contributed by atoms with Gasteiger partial charge in [0.25, 0.3) is 5.91 Å². The van der Waals surface area contributed by atoms with E-state index < -0.39 is 0 Å². The number of hydrogen-bond donors (Lipinski definition) is 2. The van der Waals surface area contributed by atoms with Gasteiger partial charge in [0.15, 0.2) is 0 Å². The number of aromatic hydroxyl groups is 1. The lowest BCUT2D eigenvalue weighted by molar-refractivity contribution is -0.00346. The third-order valence-corrected chi connectivity index (χ3v) is 2.85. The summed E-state index contributed by atoms with van der Waals surface area (Å²) in [5, 5.41) is 12.2. The summed E-state index contributed by atoms with van der Waals surface area (Å²) < 4.78 is 5.52. The van der Waals surface area contributed by atoms with Crippen LogP contribution >= 0.6 is 15.9 Å². The van der Waals surface area contributed by atoms with Gasteiger partial charge in [0, 0.05) is 5.56 Å². The molecule has 0 aromatic heterocycles. The summed E-state index contributed by atoms with van der Waals surface area (Å²) in [6.45, 7) is 1.13. The van der Waals surface area contributed by atoms with Gasteiger partial charge in [-0.05, 0) is 34.1 Å². The highest BCUT2D eigenvalue weighted by molar-refractivity contribution is 9.10. The zero-order valence-electron chi connectivity index (χ0n) is 7.87. The maximum Gasteiger partial charge on any atom is 0.251 e. The molecule has 0 atom stereocenters. The SMILES string of the molecule is O=C(NC1COC1)c1ccc(Br)c(O)c1. The molecule has 1 amide bonds. The lowest BCUT2D eigenvalue weighted by atomic mass is 10.1. The maximum absolute atomic E-state index is 11.6. The average Bonchev–Trinajstić information content (AvgIpc) is 2.15. The number of carbonyl (C=O) groups excluding carboxylic acids is 1. The molecule has 0 radical (unpaired) electrons. The second-order valence-electron chi connectivity index (χ2n) is 3.37. The van der Waals surface area contributed by atoms with Crippen molar-refractivity contribution in [2.45, 2.75) is 6.04 Å². The highest BCUT2D eigenvalue weighted by Gasteiger charge is 2.21. The number of nitrogens with one attached hydrogen (secondary N) is 1. The first-order valence-electron chi connectivity index (χ1n) is 4.54. The van der Waals surface area contributed by atoms with Crippen molar-refractivity contribution in [3.63, 3.8) is 0 Å². The van der Waals surface area contributed by atoms with Gasteiger partial charge < -0.3 is 15.2 Å². The normalized spacial score (nSPS) is 15.8. The number of benzene rings is 1. The first-order valence-corrected chi connectivity index (χ1v) is 5.33. The van der Waals surface area contributed by atoms with E-state index in [4.69, 9.17) is 4.74 Å². The Morgan fingerprint density at radius 2 is 2.27 bits per heavy atom. The second kappa shape index (κ2) is 4.20. The number of hydrogen-bond acceptors (Lipinski definition) is 3. The number of ether oxygens (including phenoxy) is 1. The first-order chi connectivity index (χ1) is 7.16. The third-order valence-electron chi connectivity index (χ3n) is 2.18. The summed E-state index contributed by atoms with van der Waals surface area (Å²) >= 11 is 3.15. The van der Waals surface area contributed by atoms with Gasteiger partial charge in [-0.3, -0.25) is 4.79 Å². The number of phenols is 1. The molecule has 1 saturated heterocycles. The van der Waals surface area contributed by atoms with E-state index >= 15 is 0 Å². The Kier molecular flexibility index (Phi) is 2.93. The van der Waals surface area contributed by atoms with Crippen LogP contribution in [0.4, 0.5) is 0 Å². The molecule has 2 N–H and O–H groups in total. The molecule has 80 valence electrons. The Morgan fingerprint density at radius 3 is 2.80 bits per heavy atom. The molecule has 1 aliphatic heterocycles. The molecule has 4 nitrogen and oxygen atoms in total. The molecule has 0 unspecified atom stereocenters. The van der Waals surface area contributed by atoms with Crippen LogP contribution in [0.5, 0.6) is 5.75 Å². The zero-order valence-corrected chi connectivity index (χ0v) is 9.45. The lowest BCUT2D eigenvalue weighted by Gasteiger charge is -2.26. The minimum absolute atomic E-state index is 0.0625. The van der Waals surface area contributed by atoms with Crippen LogP contribution in [-0.2, 0) is 4.74 Å². The largest absolute Gasteiger partial charge is 0.507 e. The van der Waals surface area contributed by atoms with E-state index in [0.717, 1.165) is 0 Å². The maximum atomic E-state index is 11.6. The van der Waals surface area contributed by atoms with Crippen LogP contribution in [-0.4, -0.2) is 30.3 Å². The molecule has 1 fully saturated rings. The van der Waals surface area contributed by atoms with E-state index in [-0.39, 0.29) is 17.7 Å². The summed E-state index contributed by atoms with van der Waals surface area (Å²) in [5.41, 5.74) is 0.447. The molecule has 1 aromatic rings. The van der Waals surface area contributed by atoms with Crippen molar-refractivity contribution in [2.24, 2.45) is 0 Å². The molecule has 1 heterocycles. The van der Waals surface area contributed by atoms with E-state index in [9.17, 15) is 9.90 Å². The van der Waals surface area contributed by atoms with Gasteiger partial charge in [-0.25, -0.2) is 0 Å². The minimum atomic E-state index is -0.189. The van der Waals surface area contributed by atoms with Crippen molar-refractivity contribution >= 4 is 21.8 Å². The van der Waals surface area contributed by atoms with Gasteiger partial charge in [0.05, 0.1) is 23.7 Å². The van der Waals surface area contributed by atoms with Gasteiger partial charge >= 0.3 is 0 Å². The lowest BCUT2D eigenvalue weighted by Crippen LogP contribution is -2.48. The van der Waals surface area contributed by atoms with E-state index in [1.807, 2.05) is 0 Å². The van der Waals surface area contributed by atoms with Crippen molar-refractivity contribution < 1.29 is 14.6 Å². The zero-order chi connectivity index (χ0) is 10.8. The summed E-state index contributed by atoms with van der Waals surface area (Å²) in [6, 6.07) is 4.82. The van der Waals surface area contributed by atoms with Crippen LogP contribution < -0.4 is 5.32 Å². The third kappa shape index (κ3) is 2.30. The van der Waals surface area contributed by atoms with Gasteiger partial charge in [-0.2, -0.15) is 0 Å². The summed E-state index contributed by atoms with van der Waals surface area (Å²) in [7, 11) is 0. The van der Waals surface area contributed by atoms with Crippen molar-refractivity contribution in [3.05, 3.63) is 28.2 Å². The Balaban J connectivity index is 2.07. The molecule has 0 aliphatic carbocycles. The molecule has 15 heavy (non-hydrogen) atoms. The van der Waals surface area contributed by atoms with Crippen LogP contribution in [0.15, 0.2) is 22.7 Å². The van der Waals surface area contributed by atoms with Crippen LogP contribution in [0.25, 0.3) is 0 Å². The molecule has 5 heteroatoms. The Bertz CT molecular complexity index is 390. The van der Waals surface area contributed by atoms with Gasteiger partial charge in [0.2, 0.25) is 0 Å². The van der Waals surface area contributed by atoms with Gasteiger partial charge in [-0.15, -0.1) is 0 Å². The van der Waals surface area contributed by atoms with Crippen molar-refractivity contribution in [1.29, 1.82) is 0 Å². The van der Waals surface area contributed by atoms with Gasteiger partial charge in [0.1, 0.15) is 5.75 Å². The number of halogens is 1. The summed E-state index contributed by atoms with van der Waals surface area (Å²) in [4.78, 5) is 11.6. The van der Waals surface area contributed by atoms with Crippen LogP contribution in [0, 0.1) is 0 Å². The highest BCUT2D eigenvalue weighted by atomic mass is 79.9. The number of carbonyl (C=O) groups is 1. The monoisotopic (exact) mass is 271 g/mol. The van der Waals surface area contributed by atoms with Crippen LogP contribution in [0.1, 0.15) is 10.4 Å². The standard InChI is InChI=1S/C10H10BrNO3/c11-8-2-1-6(3-9(8)13)10(14)12-7-4-15-5-7/h1-3,7,13H,4-5H2,(H,12,14). The Hall–Kier alpha value is -1.07. The minimum Gasteiger partial charge on any atom is -0.507 e. The topological polar surface area (TPSA) is 58.6 Å². The fourth-order valence-corrected chi connectivity index (χ4v) is 1.49. The van der Waals surface area contributed by atoms with Crippen LogP contribution in [0.3, 0.4) is 0 Å². The van der Waals surface area contributed by atoms with Crippen molar-refractivity contribution in [1.82, 2.24) is 5.32 Å². The molecular weight excluding hydrogens is 262 g/mol. The summed E-state index contributed by atoms with van der Waals surface area (Å²) in [6.07, 6.45) is 0. The fourth-order valence-electron chi connectivity index (χ4n) is 1.24. The summed E-state index contributed by atoms with van der Waals surface area (Å²) in [5.74, 6) is -0.126. The van der Waals surface area contributed by atoms with E-state index in [1.54, 1.807) is 12.1 Å². The molecular formula is C10H10BrNO3. The number of rotatable bonds is 2. The highest BCUT2D eigenvalue weighted by Crippen LogP contribution is 2.24. The van der Waals surface area contributed by atoms with E-state index in [2.05, 4.69) is 21.2 Å². The van der Waals surface area contributed by atoms with Gasteiger partial charge in [-0.1, -0.05) is 0 Å². The molecule has 1 aromatic carbocycles. The average molecular weight is 272 g/mol. The predicted octanol–water partition coefficient (Wildman–Crippen LogP) is 1.28. The Labute approximate surface area is 95.4 Å². The molecule has 1 aliphatic rings. The second-order valence-corrected chi connectivity index (χ2v) is 4.23. The predicted molar refractivity (Wildman–Crippen MR) is 57.9 cm³/mol. The molecule has 0 saturated carbocycles. The number of phenolic OH excluding ortho intramolecular Hbond substituents is 1.